The number of primary amides is 1. The summed E-state index contributed by atoms with van der Waals surface area (Å²) in [5.41, 5.74) is 8.19. The second-order valence-electron chi connectivity index (χ2n) is 7.30. The molecule has 8 nitrogen and oxygen atoms in total. The maximum Gasteiger partial charge on any atom is 0.287 e. The first kappa shape index (κ1) is 18.5. The van der Waals surface area contributed by atoms with Gasteiger partial charge in [-0.2, -0.15) is 0 Å². The molecule has 0 aliphatic rings. The quantitative estimate of drug-likeness (QED) is 0.494. The van der Waals surface area contributed by atoms with Crippen LogP contribution in [0.5, 0.6) is 11.5 Å². The molecule has 0 bridgehead atoms. The lowest BCUT2D eigenvalue weighted by molar-refractivity contribution is 0.0988. The van der Waals surface area contributed by atoms with E-state index in [0.717, 1.165) is 10.9 Å². The largest absolute Gasteiger partial charge is 0.508 e. The summed E-state index contributed by atoms with van der Waals surface area (Å²) in [4.78, 5) is 12.0. The third-order valence-electron chi connectivity index (χ3n) is 5.02. The molecule has 2 aromatic carbocycles. The van der Waals surface area contributed by atoms with E-state index in [2.05, 4.69) is 10.2 Å². The maximum atomic E-state index is 12.0. The molecule has 4 N–H and O–H groups in total. The summed E-state index contributed by atoms with van der Waals surface area (Å²) in [5, 5.41) is 29.7. The van der Waals surface area contributed by atoms with Crippen LogP contribution in [0.2, 0.25) is 0 Å². The molecule has 2 heterocycles. The number of amides is 1. The summed E-state index contributed by atoms with van der Waals surface area (Å²) in [6, 6.07) is 10.5. The van der Waals surface area contributed by atoms with Gasteiger partial charge in [0.25, 0.3) is 5.91 Å². The van der Waals surface area contributed by atoms with E-state index in [1.54, 1.807) is 6.07 Å². The first-order chi connectivity index (χ1) is 13.8. The zero-order valence-electron chi connectivity index (χ0n) is 16.3. The SMILES string of the molecule is CC(C)c1cc(-c2nnc(C(N)=O)n2-c2ccc3c(ccn3C)c2)c(O)cc1O. The molecule has 2 aromatic heterocycles. The van der Waals surface area contributed by atoms with Gasteiger partial charge in [-0.05, 0) is 41.8 Å². The highest BCUT2D eigenvalue weighted by Gasteiger charge is 2.23. The smallest absolute Gasteiger partial charge is 0.287 e. The van der Waals surface area contributed by atoms with Crippen LogP contribution in [-0.4, -0.2) is 35.5 Å². The van der Waals surface area contributed by atoms with Gasteiger partial charge in [0.15, 0.2) is 5.82 Å². The Kier molecular flexibility index (Phi) is 4.26. The molecule has 8 heteroatoms. The van der Waals surface area contributed by atoms with Crippen molar-refractivity contribution in [1.82, 2.24) is 19.3 Å². The molecule has 1 amide bonds. The van der Waals surface area contributed by atoms with E-state index in [1.807, 2.05) is 55.9 Å². The number of carbonyl (C=O) groups excluding carboxylic acids is 1. The number of nitrogens with two attached hydrogens (primary N) is 1. The summed E-state index contributed by atoms with van der Waals surface area (Å²) < 4.78 is 3.51. The van der Waals surface area contributed by atoms with Crippen LogP contribution in [0.3, 0.4) is 0 Å². The van der Waals surface area contributed by atoms with Crippen molar-refractivity contribution in [3.8, 4) is 28.6 Å². The van der Waals surface area contributed by atoms with Crippen LogP contribution in [0, 0.1) is 0 Å². The Hall–Kier alpha value is -3.81. The van der Waals surface area contributed by atoms with Gasteiger partial charge >= 0.3 is 0 Å². The predicted molar refractivity (Wildman–Crippen MR) is 109 cm³/mol. The van der Waals surface area contributed by atoms with Crippen molar-refractivity contribution in [2.24, 2.45) is 12.8 Å². The fourth-order valence-corrected chi connectivity index (χ4v) is 3.51. The minimum Gasteiger partial charge on any atom is -0.508 e. The van der Waals surface area contributed by atoms with Crippen LogP contribution in [0.4, 0.5) is 0 Å². The van der Waals surface area contributed by atoms with E-state index < -0.39 is 5.91 Å². The monoisotopic (exact) mass is 391 g/mol. The first-order valence-corrected chi connectivity index (χ1v) is 9.15. The Morgan fingerprint density at radius 2 is 1.83 bits per heavy atom. The Morgan fingerprint density at radius 1 is 1.07 bits per heavy atom. The highest BCUT2D eigenvalue weighted by atomic mass is 16.3. The van der Waals surface area contributed by atoms with Crippen molar-refractivity contribution in [2.45, 2.75) is 19.8 Å². The molecule has 0 spiro atoms. The van der Waals surface area contributed by atoms with Crippen molar-refractivity contribution < 1.29 is 15.0 Å². The number of fused-ring (bicyclic) bond motifs is 1. The molecule has 0 fully saturated rings. The third kappa shape index (κ3) is 2.98. The number of aromatic hydroxyl groups is 2. The molecule has 4 aromatic rings. The highest BCUT2D eigenvalue weighted by Crippen LogP contribution is 2.38. The number of phenolic OH excluding ortho intramolecular Hbond substituents is 2. The van der Waals surface area contributed by atoms with Crippen LogP contribution in [0.25, 0.3) is 28.0 Å². The van der Waals surface area contributed by atoms with Crippen molar-refractivity contribution >= 4 is 16.8 Å². The zero-order valence-corrected chi connectivity index (χ0v) is 16.3. The van der Waals surface area contributed by atoms with Crippen LogP contribution in [-0.2, 0) is 7.05 Å². The molecule has 0 saturated carbocycles. The molecule has 0 saturated heterocycles. The molecule has 4 rings (SSSR count). The average Bonchev–Trinajstić information content (AvgIpc) is 3.25. The summed E-state index contributed by atoms with van der Waals surface area (Å²) in [6.45, 7) is 3.86. The maximum absolute atomic E-state index is 12.0. The van der Waals surface area contributed by atoms with E-state index in [-0.39, 0.29) is 29.1 Å². The Balaban J connectivity index is 1.99. The summed E-state index contributed by atoms with van der Waals surface area (Å²) in [6.07, 6.45) is 1.94. The zero-order chi connectivity index (χ0) is 20.9. The van der Waals surface area contributed by atoms with Gasteiger partial charge in [-0.3, -0.25) is 9.36 Å². The molecular weight excluding hydrogens is 370 g/mol. The Morgan fingerprint density at radius 3 is 2.52 bits per heavy atom. The van der Waals surface area contributed by atoms with E-state index >= 15 is 0 Å². The second-order valence-corrected chi connectivity index (χ2v) is 7.30. The molecule has 0 aliphatic carbocycles. The topological polar surface area (TPSA) is 119 Å². The molecular formula is C21H21N5O3. The molecule has 0 aliphatic heterocycles. The van der Waals surface area contributed by atoms with Gasteiger partial charge < -0.3 is 20.5 Å². The summed E-state index contributed by atoms with van der Waals surface area (Å²) >= 11 is 0. The number of nitrogens with zero attached hydrogens (tertiary/aromatic N) is 4. The number of aryl methyl sites for hydroxylation is 1. The number of benzene rings is 2. The second kappa shape index (κ2) is 6.66. The molecule has 29 heavy (non-hydrogen) atoms. The van der Waals surface area contributed by atoms with Crippen molar-refractivity contribution in [3.05, 3.63) is 54.0 Å². The van der Waals surface area contributed by atoms with Crippen molar-refractivity contribution in [3.63, 3.8) is 0 Å². The number of hydrogen-bond donors (Lipinski definition) is 3. The molecule has 0 unspecified atom stereocenters. The lowest BCUT2D eigenvalue weighted by atomic mass is 9.98. The highest BCUT2D eigenvalue weighted by molar-refractivity contribution is 5.91. The van der Waals surface area contributed by atoms with Gasteiger partial charge in [0.05, 0.1) is 11.3 Å². The van der Waals surface area contributed by atoms with Gasteiger partial charge in [-0.1, -0.05) is 13.8 Å². The molecule has 0 atom stereocenters. The van der Waals surface area contributed by atoms with Gasteiger partial charge in [0.1, 0.15) is 11.5 Å². The van der Waals surface area contributed by atoms with E-state index in [9.17, 15) is 15.0 Å². The van der Waals surface area contributed by atoms with Gasteiger partial charge in [0.2, 0.25) is 5.82 Å². The summed E-state index contributed by atoms with van der Waals surface area (Å²) in [5.74, 6) is -0.686. The molecule has 148 valence electrons. The van der Waals surface area contributed by atoms with Gasteiger partial charge in [0, 0.05) is 30.2 Å². The molecule has 0 radical (unpaired) electrons. The van der Waals surface area contributed by atoms with Crippen molar-refractivity contribution in [2.75, 3.05) is 0 Å². The predicted octanol–water partition coefficient (Wildman–Crippen LogP) is 3.06. The van der Waals surface area contributed by atoms with Crippen molar-refractivity contribution in [1.29, 1.82) is 0 Å². The van der Waals surface area contributed by atoms with E-state index in [4.69, 9.17) is 5.73 Å². The van der Waals surface area contributed by atoms with Crippen LogP contribution in [0.1, 0.15) is 35.9 Å². The normalized spacial score (nSPS) is 11.4. The third-order valence-corrected chi connectivity index (χ3v) is 5.02. The summed E-state index contributed by atoms with van der Waals surface area (Å²) in [7, 11) is 1.95. The fraction of sp³-hybridized carbons (Fsp3) is 0.190. The van der Waals surface area contributed by atoms with Crippen LogP contribution >= 0.6 is 0 Å². The minimum atomic E-state index is -0.737. The van der Waals surface area contributed by atoms with E-state index in [0.29, 0.717) is 16.8 Å². The fourth-order valence-electron chi connectivity index (χ4n) is 3.51. The first-order valence-electron chi connectivity index (χ1n) is 9.15. The van der Waals surface area contributed by atoms with Crippen LogP contribution < -0.4 is 5.73 Å². The van der Waals surface area contributed by atoms with Gasteiger partial charge in [-0.15, -0.1) is 10.2 Å². The number of rotatable bonds is 4. The Bertz CT molecular complexity index is 1250. The van der Waals surface area contributed by atoms with E-state index in [1.165, 1.54) is 10.6 Å². The number of phenols is 2. The number of carbonyl (C=O) groups is 1. The minimum absolute atomic E-state index is 0.00635. The number of hydrogen-bond acceptors (Lipinski definition) is 5. The Labute approximate surface area is 166 Å². The van der Waals surface area contributed by atoms with Gasteiger partial charge in [-0.25, -0.2) is 0 Å². The standard InChI is InChI=1S/C21H21N5O3/c1-11(2)14-9-15(18(28)10-17(14)27)20-23-24-21(19(22)29)26(20)13-4-5-16-12(8-13)6-7-25(16)3/h4-11,27-28H,1-3H3,(H2,22,29). The van der Waals surface area contributed by atoms with Crippen LogP contribution in [0.15, 0.2) is 42.6 Å². The lowest BCUT2D eigenvalue weighted by Crippen LogP contribution is -2.18. The lowest BCUT2D eigenvalue weighted by Gasteiger charge is -2.14. The average molecular weight is 391 g/mol. The number of aromatic nitrogens is 4.